The normalized spacial score (nSPS) is 25.2. The molecule has 1 aliphatic heterocycles. The molecule has 0 bridgehead atoms. The largest absolute Gasteiger partial charge is 0.454 e. The molecule has 1 saturated carbocycles. The highest BCUT2D eigenvalue weighted by Gasteiger charge is 2.55. The van der Waals surface area contributed by atoms with Crippen LogP contribution in [0.3, 0.4) is 0 Å². The maximum atomic E-state index is 12.8. The van der Waals surface area contributed by atoms with E-state index < -0.39 is 48.5 Å². The number of likely N-dealkylation sites (N-methyl/N-ethyl adjacent to an activating group) is 1. The van der Waals surface area contributed by atoms with Crippen molar-refractivity contribution in [2.45, 2.75) is 58.0 Å². The van der Waals surface area contributed by atoms with Crippen LogP contribution in [0.25, 0.3) is 0 Å². The van der Waals surface area contributed by atoms with Crippen LogP contribution in [-0.4, -0.2) is 65.9 Å². The van der Waals surface area contributed by atoms with Gasteiger partial charge in [0, 0.05) is 6.54 Å². The average molecular weight is 396 g/mol. The third-order valence-electron chi connectivity index (χ3n) is 5.27. The lowest BCUT2D eigenvalue weighted by molar-refractivity contribution is -0.151. The van der Waals surface area contributed by atoms with Gasteiger partial charge in [-0.2, -0.15) is 0 Å². The van der Waals surface area contributed by atoms with E-state index in [4.69, 9.17) is 4.74 Å². The molecule has 2 fully saturated rings. The van der Waals surface area contributed by atoms with Crippen molar-refractivity contribution >= 4 is 29.7 Å². The molecule has 0 radical (unpaired) electrons. The van der Waals surface area contributed by atoms with Crippen LogP contribution in [0, 0.1) is 5.92 Å². The maximum absolute atomic E-state index is 12.8. The molecule has 10 nitrogen and oxygen atoms in total. The summed E-state index contributed by atoms with van der Waals surface area (Å²) in [6.07, 6.45) is 3.20. The molecule has 3 atom stereocenters. The fourth-order valence-corrected chi connectivity index (χ4v) is 3.64. The molecule has 5 amide bonds. The monoisotopic (exact) mass is 396 g/mol. The van der Waals surface area contributed by atoms with E-state index in [2.05, 4.69) is 16.0 Å². The number of nitrogens with zero attached hydrogens (tertiary/aromatic N) is 1. The number of hydrogen-bond donors (Lipinski definition) is 3. The van der Waals surface area contributed by atoms with Crippen molar-refractivity contribution in [3.8, 4) is 0 Å². The van der Waals surface area contributed by atoms with Crippen molar-refractivity contribution in [2.24, 2.45) is 5.92 Å². The van der Waals surface area contributed by atoms with Gasteiger partial charge >= 0.3 is 12.0 Å². The molecule has 156 valence electrons. The minimum Gasteiger partial charge on any atom is -0.454 e. The Morgan fingerprint density at radius 1 is 1.32 bits per heavy atom. The van der Waals surface area contributed by atoms with Gasteiger partial charge in [0.1, 0.15) is 18.1 Å². The Morgan fingerprint density at radius 3 is 2.68 bits per heavy atom. The van der Waals surface area contributed by atoms with Gasteiger partial charge in [-0.1, -0.05) is 19.8 Å². The van der Waals surface area contributed by atoms with Crippen LogP contribution in [0.5, 0.6) is 0 Å². The van der Waals surface area contributed by atoms with Crippen LogP contribution in [0.2, 0.25) is 0 Å². The van der Waals surface area contributed by atoms with Gasteiger partial charge < -0.3 is 20.7 Å². The smallest absolute Gasteiger partial charge is 0.326 e. The number of rotatable bonds is 7. The number of nitrogens with one attached hydrogen (secondary N) is 3. The van der Waals surface area contributed by atoms with Crippen molar-refractivity contribution in [3.05, 3.63) is 0 Å². The molecule has 1 saturated heterocycles. The van der Waals surface area contributed by atoms with Crippen molar-refractivity contribution in [1.82, 2.24) is 20.9 Å². The zero-order chi connectivity index (χ0) is 20.9. The molecule has 0 aromatic carbocycles. The topological polar surface area (TPSA) is 134 Å². The van der Waals surface area contributed by atoms with E-state index in [0.717, 1.165) is 24.2 Å². The van der Waals surface area contributed by atoms with Gasteiger partial charge in [-0.25, -0.2) is 4.79 Å². The number of amides is 5. The molecule has 0 unspecified atom stereocenters. The molecule has 2 aliphatic rings. The number of carbonyl (C=O) groups excluding carboxylic acids is 5. The van der Waals surface area contributed by atoms with Gasteiger partial charge in [-0.15, -0.1) is 0 Å². The number of ether oxygens (including phenoxy) is 1. The van der Waals surface area contributed by atoms with Gasteiger partial charge in [0.25, 0.3) is 11.8 Å². The fourth-order valence-electron chi connectivity index (χ4n) is 3.64. The standard InChI is InChI=1S/C18H28N4O6/c1-4-19-15(25)12(3)20-13(23)10-28-14(24)9-22-16(26)18(21-17(22)27)8-6-5-7-11(18)2/h11-12H,4-10H2,1-3H3,(H,19,25)(H,20,23)(H,21,27)/t11-,12+,18+/m0/s1. The van der Waals surface area contributed by atoms with E-state index in [0.29, 0.717) is 13.0 Å². The first-order valence-corrected chi connectivity index (χ1v) is 9.58. The predicted octanol–water partition coefficient (Wildman–Crippen LogP) is -0.329. The SMILES string of the molecule is CCNC(=O)[C@@H](C)NC(=O)COC(=O)CN1C(=O)N[C@@]2(CCCC[C@@H]2C)C1=O. The van der Waals surface area contributed by atoms with E-state index in [1.165, 1.54) is 6.92 Å². The Labute approximate surface area is 163 Å². The molecule has 1 heterocycles. The molecule has 10 heteroatoms. The van der Waals surface area contributed by atoms with Crippen molar-refractivity contribution in [3.63, 3.8) is 0 Å². The summed E-state index contributed by atoms with van der Waals surface area (Å²) in [5.74, 6) is -2.31. The maximum Gasteiger partial charge on any atom is 0.326 e. The Balaban J connectivity index is 1.84. The summed E-state index contributed by atoms with van der Waals surface area (Å²) < 4.78 is 4.85. The Bertz CT molecular complexity index is 666. The third kappa shape index (κ3) is 4.60. The van der Waals surface area contributed by atoms with Crippen LogP contribution in [0.1, 0.15) is 46.5 Å². The lowest BCUT2D eigenvalue weighted by Crippen LogP contribution is -2.54. The number of hydrogen-bond acceptors (Lipinski definition) is 6. The quantitative estimate of drug-likeness (QED) is 0.399. The van der Waals surface area contributed by atoms with Crippen molar-refractivity contribution in [2.75, 3.05) is 19.7 Å². The first-order chi connectivity index (χ1) is 13.2. The molecule has 0 aromatic heterocycles. The minimum atomic E-state index is -0.949. The summed E-state index contributed by atoms with van der Waals surface area (Å²) in [6.45, 7) is 4.44. The fraction of sp³-hybridized carbons (Fsp3) is 0.722. The van der Waals surface area contributed by atoms with E-state index in [1.807, 2.05) is 6.92 Å². The summed E-state index contributed by atoms with van der Waals surface area (Å²) in [5.41, 5.74) is -0.949. The third-order valence-corrected chi connectivity index (χ3v) is 5.27. The van der Waals surface area contributed by atoms with Crippen LogP contribution < -0.4 is 16.0 Å². The first kappa shape index (κ1) is 21.6. The van der Waals surface area contributed by atoms with Crippen molar-refractivity contribution < 1.29 is 28.7 Å². The molecule has 28 heavy (non-hydrogen) atoms. The minimum absolute atomic E-state index is 0.0137. The molecule has 2 rings (SSSR count). The number of imide groups is 1. The lowest BCUT2D eigenvalue weighted by Gasteiger charge is -2.36. The molecule has 1 aliphatic carbocycles. The van der Waals surface area contributed by atoms with Gasteiger partial charge in [-0.3, -0.25) is 24.1 Å². The van der Waals surface area contributed by atoms with Gasteiger partial charge in [0.2, 0.25) is 5.91 Å². The van der Waals surface area contributed by atoms with Crippen molar-refractivity contribution in [1.29, 1.82) is 0 Å². The van der Waals surface area contributed by atoms with Gasteiger partial charge in [-0.05, 0) is 32.6 Å². The summed E-state index contributed by atoms with van der Waals surface area (Å²) in [7, 11) is 0. The number of esters is 1. The van der Waals surface area contributed by atoms with Crippen LogP contribution in [0.15, 0.2) is 0 Å². The van der Waals surface area contributed by atoms with Crippen LogP contribution in [-0.2, 0) is 23.9 Å². The molecule has 0 aromatic rings. The number of carbonyl (C=O) groups is 5. The average Bonchev–Trinajstić information content (AvgIpc) is 2.87. The molecular formula is C18H28N4O6. The van der Waals surface area contributed by atoms with E-state index in [1.54, 1.807) is 6.92 Å². The predicted molar refractivity (Wildman–Crippen MR) is 97.9 cm³/mol. The zero-order valence-corrected chi connectivity index (χ0v) is 16.5. The summed E-state index contributed by atoms with van der Waals surface area (Å²) in [6, 6.07) is -1.39. The second-order valence-corrected chi connectivity index (χ2v) is 7.28. The highest BCUT2D eigenvalue weighted by Crippen LogP contribution is 2.38. The summed E-state index contributed by atoms with van der Waals surface area (Å²) >= 11 is 0. The summed E-state index contributed by atoms with van der Waals surface area (Å²) in [4.78, 5) is 61.2. The van der Waals surface area contributed by atoms with E-state index >= 15 is 0 Å². The molecule has 3 N–H and O–H groups in total. The van der Waals surface area contributed by atoms with E-state index in [9.17, 15) is 24.0 Å². The highest BCUT2D eigenvalue weighted by atomic mass is 16.5. The van der Waals surface area contributed by atoms with E-state index in [-0.39, 0.29) is 11.8 Å². The molecular weight excluding hydrogens is 368 g/mol. The summed E-state index contributed by atoms with van der Waals surface area (Å²) in [5, 5.41) is 7.70. The lowest BCUT2D eigenvalue weighted by atomic mass is 9.73. The highest BCUT2D eigenvalue weighted by molar-refractivity contribution is 6.09. The molecule has 1 spiro atoms. The number of urea groups is 1. The zero-order valence-electron chi connectivity index (χ0n) is 16.5. The Hall–Kier alpha value is -2.65. The first-order valence-electron chi connectivity index (χ1n) is 9.58. The second kappa shape index (κ2) is 9.03. The second-order valence-electron chi connectivity index (χ2n) is 7.28. The Kier molecular flexibility index (Phi) is 6.98. The van der Waals surface area contributed by atoms with Crippen LogP contribution in [0.4, 0.5) is 4.79 Å². The van der Waals surface area contributed by atoms with Gasteiger partial charge in [0.05, 0.1) is 0 Å². The van der Waals surface area contributed by atoms with Gasteiger partial charge in [0.15, 0.2) is 6.61 Å². The van der Waals surface area contributed by atoms with Crippen LogP contribution >= 0.6 is 0 Å². The Morgan fingerprint density at radius 2 is 2.04 bits per heavy atom.